The third kappa shape index (κ3) is 2.26. The van der Waals surface area contributed by atoms with Crippen LogP contribution in [0.2, 0.25) is 0 Å². The Kier molecular flexibility index (Phi) is 2.91. The number of piperidine rings is 1. The highest BCUT2D eigenvalue weighted by molar-refractivity contribution is 9.11. The molecule has 1 atom stereocenters. The van der Waals surface area contributed by atoms with E-state index in [4.69, 9.17) is 5.11 Å². The van der Waals surface area contributed by atoms with Crippen molar-refractivity contribution in [3.8, 4) is 0 Å². The first-order valence-electron chi connectivity index (χ1n) is 4.29. The molecule has 1 aromatic heterocycles. The van der Waals surface area contributed by atoms with Gasteiger partial charge in [0, 0.05) is 6.54 Å². The molecule has 0 radical (unpaired) electrons. The molecule has 2 heterocycles. The molecule has 1 fully saturated rings. The van der Waals surface area contributed by atoms with Crippen LogP contribution in [-0.2, 0) is 0 Å². The molecule has 0 spiro atoms. The van der Waals surface area contributed by atoms with Crippen LogP contribution in [-0.4, -0.2) is 40.4 Å². The van der Waals surface area contributed by atoms with Crippen LogP contribution in [0.1, 0.15) is 6.42 Å². The number of aromatic nitrogens is 2. The lowest BCUT2D eigenvalue weighted by Gasteiger charge is -2.35. The lowest BCUT2D eigenvalue weighted by atomic mass is 10.0. The van der Waals surface area contributed by atoms with E-state index in [0.717, 1.165) is 0 Å². The van der Waals surface area contributed by atoms with Gasteiger partial charge >= 0.3 is 0 Å². The molecule has 1 saturated heterocycles. The smallest absolute Gasteiger partial charge is 0.290 e. The van der Waals surface area contributed by atoms with Crippen molar-refractivity contribution in [2.45, 2.75) is 18.4 Å². The van der Waals surface area contributed by atoms with Gasteiger partial charge in [-0.05, 0) is 22.4 Å². The quantitative estimate of drug-likeness (QED) is 0.854. The molecule has 1 aliphatic heterocycles. The Morgan fingerprint density at radius 2 is 2.27 bits per heavy atom. The zero-order valence-electron chi connectivity index (χ0n) is 7.53. The molecule has 1 aliphatic rings. The number of aliphatic hydroxyl groups is 1. The molecular weight excluding hydrogens is 292 g/mol. The number of nitrogens with zero attached hydrogens (tertiary/aromatic N) is 3. The number of aliphatic hydroxyl groups excluding tert-OH is 1. The molecule has 0 saturated carbocycles. The third-order valence-corrected chi connectivity index (χ3v) is 3.64. The predicted octanol–water partition coefficient (Wildman–Crippen LogP) is 1.51. The molecule has 1 aromatic rings. The summed E-state index contributed by atoms with van der Waals surface area (Å²) in [6.45, 7) is -0.131. The van der Waals surface area contributed by atoms with E-state index >= 15 is 0 Å². The van der Waals surface area contributed by atoms with E-state index in [1.54, 1.807) is 0 Å². The lowest BCUT2D eigenvalue weighted by molar-refractivity contribution is -0.113. The molecule has 0 amide bonds. The minimum Gasteiger partial charge on any atom is -0.387 e. The van der Waals surface area contributed by atoms with Gasteiger partial charge in [0.2, 0.25) is 5.13 Å². The van der Waals surface area contributed by atoms with Gasteiger partial charge in [0.25, 0.3) is 5.92 Å². The highest BCUT2D eigenvalue weighted by atomic mass is 79.9. The minimum absolute atomic E-state index is 0.0458. The SMILES string of the molecule is O[C@H]1CCN(c2nnc(Br)s2)CC1(F)F. The average molecular weight is 300 g/mol. The number of hydrogen-bond donors (Lipinski definition) is 1. The normalized spacial score (nSPS) is 25.6. The fraction of sp³-hybridized carbons (Fsp3) is 0.714. The van der Waals surface area contributed by atoms with Gasteiger partial charge in [-0.25, -0.2) is 8.78 Å². The molecule has 0 aliphatic carbocycles. The maximum atomic E-state index is 13.2. The molecule has 8 heteroatoms. The van der Waals surface area contributed by atoms with Crippen LogP contribution in [0.3, 0.4) is 0 Å². The molecular formula is C7H8BrF2N3OS. The Labute approximate surface area is 97.1 Å². The predicted molar refractivity (Wildman–Crippen MR) is 55.4 cm³/mol. The van der Waals surface area contributed by atoms with E-state index in [9.17, 15) is 8.78 Å². The largest absolute Gasteiger partial charge is 0.387 e. The zero-order valence-corrected chi connectivity index (χ0v) is 9.93. The van der Waals surface area contributed by atoms with Gasteiger partial charge in [0.1, 0.15) is 6.10 Å². The van der Waals surface area contributed by atoms with Crippen molar-refractivity contribution in [1.29, 1.82) is 0 Å². The molecule has 0 bridgehead atoms. The zero-order chi connectivity index (χ0) is 11.1. The molecule has 1 N–H and O–H groups in total. The second-order valence-corrected chi connectivity index (χ2v) is 5.56. The van der Waals surface area contributed by atoms with Gasteiger partial charge in [-0.3, -0.25) is 0 Å². The van der Waals surface area contributed by atoms with Gasteiger partial charge in [0.15, 0.2) is 3.92 Å². The van der Waals surface area contributed by atoms with Crippen molar-refractivity contribution in [2.24, 2.45) is 0 Å². The first kappa shape index (κ1) is 11.2. The van der Waals surface area contributed by atoms with E-state index in [-0.39, 0.29) is 6.42 Å². The minimum atomic E-state index is -3.07. The van der Waals surface area contributed by atoms with Gasteiger partial charge < -0.3 is 10.0 Å². The first-order chi connectivity index (χ1) is 6.99. The number of anilines is 1. The monoisotopic (exact) mass is 299 g/mol. The van der Waals surface area contributed by atoms with E-state index in [1.165, 1.54) is 16.2 Å². The summed E-state index contributed by atoms with van der Waals surface area (Å²) < 4.78 is 26.9. The summed E-state index contributed by atoms with van der Waals surface area (Å²) in [6, 6.07) is 0. The fourth-order valence-electron chi connectivity index (χ4n) is 1.42. The van der Waals surface area contributed by atoms with Crippen molar-refractivity contribution in [3.05, 3.63) is 3.92 Å². The number of alkyl halides is 2. The van der Waals surface area contributed by atoms with Crippen LogP contribution >= 0.6 is 27.3 Å². The molecule has 2 rings (SSSR count). The van der Waals surface area contributed by atoms with Crippen molar-refractivity contribution in [1.82, 2.24) is 10.2 Å². The van der Waals surface area contributed by atoms with E-state index < -0.39 is 18.6 Å². The Balaban J connectivity index is 2.13. The van der Waals surface area contributed by atoms with E-state index in [0.29, 0.717) is 15.6 Å². The fourth-order valence-corrected chi connectivity index (χ4v) is 2.53. The molecule has 4 nitrogen and oxygen atoms in total. The Morgan fingerprint density at radius 3 is 2.80 bits per heavy atom. The highest BCUT2D eigenvalue weighted by Gasteiger charge is 2.44. The topological polar surface area (TPSA) is 49.2 Å². The maximum absolute atomic E-state index is 13.2. The van der Waals surface area contributed by atoms with Crippen LogP contribution in [0.4, 0.5) is 13.9 Å². The van der Waals surface area contributed by atoms with Crippen molar-refractivity contribution in [3.63, 3.8) is 0 Å². The number of hydrogen-bond acceptors (Lipinski definition) is 5. The van der Waals surface area contributed by atoms with Gasteiger partial charge in [-0.15, -0.1) is 10.2 Å². The Morgan fingerprint density at radius 1 is 1.53 bits per heavy atom. The highest BCUT2D eigenvalue weighted by Crippen LogP contribution is 2.32. The summed E-state index contributed by atoms with van der Waals surface area (Å²) in [5, 5.41) is 17.0. The summed E-state index contributed by atoms with van der Waals surface area (Å²) in [7, 11) is 0. The molecule has 15 heavy (non-hydrogen) atoms. The maximum Gasteiger partial charge on any atom is 0.290 e. The standard InChI is InChI=1S/C7H8BrF2N3OS/c8-5-11-12-6(15-5)13-2-1-4(14)7(9,10)3-13/h4,14H,1-3H2/t4-/m0/s1. The van der Waals surface area contributed by atoms with Gasteiger partial charge in [-0.1, -0.05) is 11.3 Å². The van der Waals surface area contributed by atoms with Gasteiger partial charge in [0.05, 0.1) is 6.54 Å². The molecule has 0 unspecified atom stereocenters. The first-order valence-corrected chi connectivity index (χ1v) is 5.90. The second kappa shape index (κ2) is 3.91. The summed E-state index contributed by atoms with van der Waals surface area (Å²) in [4.78, 5) is 1.44. The van der Waals surface area contributed by atoms with Crippen LogP contribution in [0, 0.1) is 0 Å². The summed E-state index contributed by atoms with van der Waals surface area (Å²) >= 11 is 4.32. The van der Waals surface area contributed by atoms with Crippen LogP contribution in [0.15, 0.2) is 3.92 Å². The molecule has 0 aromatic carbocycles. The van der Waals surface area contributed by atoms with Crippen molar-refractivity contribution in [2.75, 3.05) is 18.0 Å². The third-order valence-electron chi connectivity index (χ3n) is 2.22. The molecule has 84 valence electrons. The van der Waals surface area contributed by atoms with E-state index in [2.05, 4.69) is 26.1 Å². The van der Waals surface area contributed by atoms with Crippen molar-refractivity contribution < 1.29 is 13.9 Å². The summed E-state index contributed by atoms with van der Waals surface area (Å²) in [5.74, 6) is -3.07. The second-order valence-electron chi connectivity index (χ2n) is 3.32. The van der Waals surface area contributed by atoms with Crippen LogP contribution in [0.5, 0.6) is 0 Å². The summed E-state index contributed by atoms with van der Waals surface area (Å²) in [5.41, 5.74) is 0. The van der Waals surface area contributed by atoms with Crippen LogP contribution in [0.25, 0.3) is 0 Å². The van der Waals surface area contributed by atoms with Gasteiger partial charge in [-0.2, -0.15) is 0 Å². The average Bonchev–Trinajstić information content (AvgIpc) is 2.57. The number of halogens is 3. The Bertz CT molecular complexity index is 362. The van der Waals surface area contributed by atoms with Crippen molar-refractivity contribution >= 4 is 32.4 Å². The lowest BCUT2D eigenvalue weighted by Crippen LogP contribution is -2.51. The summed E-state index contributed by atoms with van der Waals surface area (Å²) in [6.07, 6.45) is -1.50. The van der Waals surface area contributed by atoms with E-state index in [1.807, 2.05) is 0 Å². The van der Waals surface area contributed by atoms with Crippen LogP contribution < -0.4 is 4.90 Å². The number of rotatable bonds is 1. The Hall–Kier alpha value is -0.340.